The summed E-state index contributed by atoms with van der Waals surface area (Å²) in [5.74, 6) is -2.75. The van der Waals surface area contributed by atoms with Gasteiger partial charge < -0.3 is 40.8 Å². The number of aromatic nitrogens is 2. The van der Waals surface area contributed by atoms with E-state index in [0.29, 0.717) is 48.4 Å². The number of nitrogens with zero attached hydrogens (tertiary/aromatic N) is 2. The van der Waals surface area contributed by atoms with Crippen molar-refractivity contribution in [3.05, 3.63) is 87.2 Å². The number of rotatable bonds is 13. The third-order valence-corrected chi connectivity index (χ3v) is 10.2. The van der Waals surface area contributed by atoms with Crippen molar-refractivity contribution >= 4 is 40.5 Å². The minimum atomic E-state index is -2.00. The number of urea groups is 1. The summed E-state index contributed by atoms with van der Waals surface area (Å²) in [5, 5.41) is 19.1. The molecule has 0 saturated carbocycles. The third kappa shape index (κ3) is 7.13. The lowest BCUT2D eigenvalue weighted by Crippen LogP contribution is -2.56. The van der Waals surface area contributed by atoms with E-state index in [1.165, 1.54) is 0 Å². The van der Waals surface area contributed by atoms with Gasteiger partial charge in [-0.15, -0.1) is 0 Å². The van der Waals surface area contributed by atoms with Crippen LogP contribution in [-0.4, -0.2) is 57.2 Å². The molecule has 0 fully saturated rings. The molecule has 3 atom stereocenters. The number of hydrogen-bond donors (Lipinski definition) is 5. The van der Waals surface area contributed by atoms with Crippen molar-refractivity contribution in [2.24, 2.45) is 11.7 Å². The first-order valence-electron chi connectivity index (χ1n) is 18.4. The Labute approximate surface area is 312 Å². The molecule has 0 radical (unpaired) electrons. The van der Waals surface area contributed by atoms with Gasteiger partial charge in [-0.2, -0.15) is 0 Å². The highest BCUT2D eigenvalue weighted by Gasteiger charge is 2.51. The van der Waals surface area contributed by atoms with Crippen molar-refractivity contribution in [2.75, 3.05) is 11.9 Å². The van der Waals surface area contributed by atoms with Gasteiger partial charge in [0, 0.05) is 22.2 Å². The lowest BCUT2D eigenvalue weighted by atomic mass is 9.85. The smallest absolute Gasteiger partial charge is 0.355 e. The quantitative estimate of drug-likeness (QED) is 0.0853. The molecule has 3 amide bonds. The topological polar surface area (TPSA) is 204 Å². The fourth-order valence-corrected chi connectivity index (χ4v) is 7.31. The molecule has 284 valence electrons. The predicted molar refractivity (Wildman–Crippen MR) is 201 cm³/mol. The summed E-state index contributed by atoms with van der Waals surface area (Å²) < 4.78 is 13.2. The maximum absolute atomic E-state index is 14.2. The molecule has 4 heterocycles. The molecule has 0 aliphatic carbocycles. The molecule has 54 heavy (non-hydrogen) atoms. The Bertz CT molecular complexity index is 2170. The minimum absolute atomic E-state index is 0.0628. The van der Waals surface area contributed by atoms with Crippen LogP contribution in [0.1, 0.15) is 75.6 Å². The Morgan fingerprint density at radius 3 is 2.48 bits per heavy atom. The first-order chi connectivity index (χ1) is 25.9. The number of phenolic OH excluding ortho intramolecular Hbond substituents is 1. The van der Waals surface area contributed by atoms with E-state index in [4.69, 9.17) is 20.2 Å². The van der Waals surface area contributed by atoms with Crippen LogP contribution < -0.4 is 27.2 Å². The molecule has 0 spiro atoms. The molecule has 2 aliphatic rings. The molecule has 6 rings (SSSR count). The number of anilines is 1. The average Bonchev–Trinajstić information content (AvgIpc) is 3.52. The predicted octanol–water partition coefficient (Wildman–Crippen LogP) is 4.36. The van der Waals surface area contributed by atoms with Gasteiger partial charge in [0.15, 0.2) is 0 Å². The fourth-order valence-electron chi connectivity index (χ4n) is 7.31. The summed E-state index contributed by atoms with van der Waals surface area (Å²) in [5.41, 5.74) is 7.66. The van der Waals surface area contributed by atoms with Crippen molar-refractivity contribution in [3.8, 4) is 17.1 Å². The Balaban J connectivity index is 1.31. The van der Waals surface area contributed by atoms with Gasteiger partial charge in [0.2, 0.25) is 11.5 Å². The second-order valence-electron chi connectivity index (χ2n) is 14.0. The molecule has 0 saturated heterocycles. The van der Waals surface area contributed by atoms with Crippen LogP contribution in [0.15, 0.2) is 59.4 Å². The van der Waals surface area contributed by atoms with Crippen LogP contribution in [0.4, 0.5) is 10.5 Å². The highest BCUT2D eigenvalue weighted by atomic mass is 16.6. The number of pyridine rings is 2. The molecular formula is C40H46N6O8. The number of para-hydroxylation sites is 1. The molecule has 6 N–H and O–H groups in total. The molecule has 0 bridgehead atoms. The highest BCUT2D eigenvalue weighted by Crippen LogP contribution is 2.42. The molecule has 2 aromatic heterocycles. The lowest BCUT2D eigenvalue weighted by molar-refractivity contribution is -0.191. The molecule has 2 aromatic carbocycles. The third-order valence-electron chi connectivity index (χ3n) is 10.2. The standard InChI is InChI=1S/C40H46N6O8/c1-5-25-26-18-24(47)15-16-30(26)43-34-27(25)20-46-32(34)19-29-28(36(46)49)21-53-38(51)40(29,6-2)54-37(50)33(22(3)4)45-35(48)31(14-10-11-17-41)44-39(52)42-23-12-8-7-9-13-23/h7-9,12-13,15-16,18-19,22,31,33,47H,5-6,10-11,14,17,20-21,41H2,1-4H3,(H,45,48)(H2,42,44,52)/t31?,33?,40-/m0/s1. The normalized spacial score (nSPS) is 16.8. The summed E-state index contributed by atoms with van der Waals surface area (Å²) in [6.45, 7) is 7.41. The van der Waals surface area contributed by atoms with Crippen molar-refractivity contribution in [1.29, 1.82) is 0 Å². The van der Waals surface area contributed by atoms with Gasteiger partial charge >= 0.3 is 18.0 Å². The zero-order valence-corrected chi connectivity index (χ0v) is 30.9. The number of aryl methyl sites for hydroxylation is 1. The number of aromatic hydroxyl groups is 1. The Morgan fingerprint density at radius 2 is 1.80 bits per heavy atom. The number of carbonyl (C=O) groups is 4. The first-order valence-corrected chi connectivity index (χ1v) is 18.4. The summed E-state index contributed by atoms with van der Waals surface area (Å²) >= 11 is 0. The van der Waals surface area contributed by atoms with Crippen molar-refractivity contribution < 1.29 is 33.8 Å². The van der Waals surface area contributed by atoms with Gasteiger partial charge in [-0.25, -0.2) is 19.4 Å². The Kier molecular flexibility index (Phi) is 11.0. The minimum Gasteiger partial charge on any atom is -0.508 e. The van der Waals surface area contributed by atoms with E-state index in [0.717, 1.165) is 16.5 Å². The lowest BCUT2D eigenvalue weighted by Gasteiger charge is -2.37. The Morgan fingerprint density at radius 1 is 1.04 bits per heavy atom. The molecule has 14 nitrogen and oxygen atoms in total. The van der Waals surface area contributed by atoms with Crippen LogP contribution in [0.25, 0.3) is 22.3 Å². The maximum atomic E-state index is 14.2. The average molecular weight is 739 g/mol. The van der Waals surface area contributed by atoms with E-state index in [1.54, 1.807) is 73.9 Å². The van der Waals surface area contributed by atoms with Crippen molar-refractivity contribution in [2.45, 2.75) is 90.6 Å². The summed E-state index contributed by atoms with van der Waals surface area (Å²) in [6.07, 6.45) is 1.96. The number of unbranched alkanes of at least 4 members (excludes halogenated alkanes) is 1. The summed E-state index contributed by atoms with van der Waals surface area (Å²) in [7, 11) is 0. The van der Waals surface area contributed by atoms with Gasteiger partial charge in [-0.1, -0.05) is 45.9 Å². The molecule has 14 heteroatoms. The van der Waals surface area contributed by atoms with Crippen LogP contribution in [0, 0.1) is 5.92 Å². The van der Waals surface area contributed by atoms with Crippen LogP contribution in [-0.2, 0) is 49.0 Å². The second-order valence-corrected chi connectivity index (χ2v) is 14.0. The molecule has 2 aliphatic heterocycles. The van der Waals surface area contributed by atoms with Crippen molar-refractivity contribution in [1.82, 2.24) is 20.2 Å². The van der Waals surface area contributed by atoms with Crippen LogP contribution in [0.3, 0.4) is 0 Å². The number of nitrogens with one attached hydrogen (secondary N) is 3. The largest absolute Gasteiger partial charge is 0.508 e. The summed E-state index contributed by atoms with van der Waals surface area (Å²) in [6, 6.07) is 12.5. The first kappa shape index (κ1) is 38.0. The van der Waals surface area contributed by atoms with E-state index >= 15 is 0 Å². The van der Waals surface area contributed by atoms with E-state index in [-0.39, 0.29) is 42.9 Å². The van der Waals surface area contributed by atoms with Gasteiger partial charge in [-0.05, 0) is 86.5 Å². The van der Waals surface area contributed by atoms with Crippen molar-refractivity contribution in [3.63, 3.8) is 0 Å². The summed E-state index contributed by atoms with van der Waals surface area (Å²) in [4.78, 5) is 73.6. The number of cyclic esters (lactones) is 1. The van der Waals surface area contributed by atoms with Gasteiger partial charge in [0.1, 0.15) is 24.4 Å². The Hall–Kier alpha value is -5.76. The maximum Gasteiger partial charge on any atom is 0.355 e. The van der Waals surface area contributed by atoms with Crippen LogP contribution >= 0.6 is 0 Å². The van der Waals surface area contributed by atoms with Crippen LogP contribution in [0.2, 0.25) is 0 Å². The fraction of sp³-hybridized carbons (Fsp3) is 0.400. The number of amides is 3. The molecule has 4 aromatic rings. The number of carbonyl (C=O) groups excluding carboxylic acids is 4. The monoisotopic (exact) mass is 738 g/mol. The number of nitrogens with two attached hydrogens (primary N) is 1. The number of ether oxygens (including phenoxy) is 2. The highest BCUT2D eigenvalue weighted by molar-refractivity contribution is 5.96. The van der Waals surface area contributed by atoms with Gasteiger partial charge in [-0.3, -0.25) is 9.59 Å². The molecular weight excluding hydrogens is 692 g/mol. The SMILES string of the molecule is CCc1c2c(nc3ccc(O)cc13)-c1cc3c(c(=O)n1C2)COC(=O)[C@@]3(CC)OC(=O)C(NC(=O)C(CCCCN)NC(=O)Nc1ccccc1)C(C)C. The number of hydrogen-bond acceptors (Lipinski definition) is 10. The van der Waals surface area contributed by atoms with E-state index in [9.17, 15) is 29.1 Å². The zero-order chi connectivity index (χ0) is 38.7. The van der Waals surface area contributed by atoms with Crippen LogP contribution in [0.5, 0.6) is 5.75 Å². The van der Waals surface area contributed by atoms with Gasteiger partial charge in [0.25, 0.3) is 5.56 Å². The molecule has 2 unspecified atom stereocenters. The number of fused-ring (bicyclic) bond motifs is 5. The number of phenols is 1. The van der Waals surface area contributed by atoms with E-state index in [2.05, 4.69) is 16.0 Å². The van der Waals surface area contributed by atoms with Gasteiger partial charge in [0.05, 0.1) is 29.0 Å². The second kappa shape index (κ2) is 15.7. The van der Waals surface area contributed by atoms with E-state index in [1.807, 2.05) is 13.0 Å². The number of esters is 2. The zero-order valence-electron chi connectivity index (χ0n) is 30.9. The van der Waals surface area contributed by atoms with E-state index < -0.39 is 53.0 Å². The number of benzene rings is 2.